The molecule has 1 atom stereocenters. The van der Waals surface area contributed by atoms with Crippen LogP contribution in [-0.4, -0.2) is 51.4 Å². The third-order valence-electron chi connectivity index (χ3n) is 6.21. The highest BCUT2D eigenvalue weighted by Gasteiger charge is 2.33. The van der Waals surface area contributed by atoms with Crippen molar-refractivity contribution in [1.82, 2.24) is 24.8 Å². The van der Waals surface area contributed by atoms with Crippen molar-refractivity contribution >= 4 is 11.9 Å². The first-order chi connectivity index (χ1) is 15.9. The van der Waals surface area contributed by atoms with E-state index in [4.69, 9.17) is 4.98 Å². The van der Waals surface area contributed by atoms with Crippen molar-refractivity contribution < 1.29 is 4.79 Å². The number of carbonyl (C=O) groups excluding carboxylic acids is 1. The number of pyridine rings is 2. The van der Waals surface area contributed by atoms with Crippen LogP contribution in [0.3, 0.4) is 0 Å². The monoisotopic (exact) mass is 446 g/mol. The molecule has 1 aliphatic heterocycles. The summed E-state index contributed by atoms with van der Waals surface area (Å²) in [5.41, 5.74) is 4.25. The van der Waals surface area contributed by atoms with Gasteiger partial charge in [-0.1, -0.05) is 6.92 Å². The summed E-state index contributed by atoms with van der Waals surface area (Å²) in [6, 6.07) is 5.32. The summed E-state index contributed by atoms with van der Waals surface area (Å²) in [6.07, 6.45) is 8.65. The van der Waals surface area contributed by atoms with Crippen LogP contribution in [0.15, 0.2) is 41.6 Å². The van der Waals surface area contributed by atoms with E-state index < -0.39 is 0 Å². The molecular formula is C25H30N6O2. The van der Waals surface area contributed by atoms with Gasteiger partial charge in [0.2, 0.25) is 5.95 Å². The van der Waals surface area contributed by atoms with Crippen molar-refractivity contribution in [3.63, 3.8) is 0 Å². The molecule has 0 bridgehead atoms. The summed E-state index contributed by atoms with van der Waals surface area (Å²) in [6.45, 7) is 4.49. The van der Waals surface area contributed by atoms with Crippen molar-refractivity contribution in [2.75, 3.05) is 25.5 Å². The van der Waals surface area contributed by atoms with E-state index in [-0.39, 0.29) is 23.1 Å². The molecule has 33 heavy (non-hydrogen) atoms. The minimum absolute atomic E-state index is 0.184. The van der Waals surface area contributed by atoms with Gasteiger partial charge in [0, 0.05) is 50.5 Å². The minimum Gasteiger partial charge on any atom is -0.347 e. The van der Waals surface area contributed by atoms with Crippen molar-refractivity contribution in [2.24, 2.45) is 0 Å². The smallest absolute Gasteiger partial charge is 0.261 e. The van der Waals surface area contributed by atoms with Crippen LogP contribution in [0, 0.1) is 6.92 Å². The van der Waals surface area contributed by atoms with Gasteiger partial charge in [-0.2, -0.15) is 0 Å². The third-order valence-corrected chi connectivity index (χ3v) is 6.21. The second-order valence-electron chi connectivity index (χ2n) is 8.64. The molecule has 0 aromatic carbocycles. The van der Waals surface area contributed by atoms with Gasteiger partial charge < -0.3 is 14.8 Å². The molecule has 1 aliphatic rings. The number of amides is 1. The van der Waals surface area contributed by atoms with Crippen molar-refractivity contribution in [3.05, 3.63) is 69.7 Å². The number of aryl methyl sites for hydroxylation is 2. The van der Waals surface area contributed by atoms with Gasteiger partial charge in [0.1, 0.15) is 5.56 Å². The van der Waals surface area contributed by atoms with E-state index in [0.29, 0.717) is 18.9 Å². The Labute approximate surface area is 193 Å². The second kappa shape index (κ2) is 9.52. The van der Waals surface area contributed by atoms with E-state index in [9.17, 15) is 9.59 Å². The molecule has 4 heterocycles. The van der Waals surface area contributed by atoms with Gasteiger partial charge in [-0.15, -0.1) is 0 Å². The Kier molecular flexibility index (Phi) is 6.53. The number of nitrogens with one attached hydrogen (secondary N) is 1. The van der Waals surface area contributed by atoms with Gasteiger partial charge >= 0.3 is 0 Å². The number of aromatic amines is 1. The average molecular weight is 447 g/mol. The zero-order chi connectivity index (χ0) is 23.5. The van der Waals surface area contributed by atoms with Crippen LogP contribution in [0.1, 0.15) is 59.5 Å². The van der Waals surface area contributed by atoms with Gasteiger partial charge in [0.25, 0.3) is 11.5 Å². The SMILES string of the molecule is CCc1[nH]c(=O)c(C(=O)N2CCCC[C@H]2c2nc(N(C)C)ncc2-c2ccncc2)cc1C. The molecule has 0 spiro atoms. The molecule has 3 aromatic heterocycles. The molecular weight excluding hydrogens is 416 g/mol. The van der Waals surface area contributed by atoms with E-state index in [1.54, 1.807) is 18.5 Å². The lowest BCUT2D eigenvalue weighted by molar-refractivity contribution is 0.0604. The Morgan fingerprint density at radius 2 is 2.00 bits per heavy atom. The molecule has 4 rings (SSSR count). The largest absolute Gasteiger partial charge is 0.347 e. The van der Waals surface area contributed by atoms with Crippen molar-refractivity contribution in [2.45, 2.75) is 45.6 Å². The molecule has 0 aliphatic carbocycles. The molecule has 0 radical (unpaired) electrons. The van der Waals surface area contributed by atoms with E-state index in [1.807, 2.05) is 56.1 Å². The first kappa shape index (κ1) is 22.6. The van der Waals surface area contributed by atoms with E-state index in [1.165, 1.54) is 0 Å². The number of likely N-dealkylation sites (tertiary alicyclic amines) is 1. The topological polar surface area (TPSA) is 95.1 Å². The Bertz CT molecular complexity index is 1210. The summed E-state index contributed by atoms with van der Waals surface area (Å²) in [4.78, 5) is 46.5. The summed E-state index contributed by atoms with van der Waals surface area (Å²) >= 11 is 0. The molecule has 8 heteroatoms. The highest BCUT2D eigenvalue weighted by molar-refractivity contribution is 5.94. The lowest BCUT2D eigenvalue weighted by atomic mass is 9.93. The van der Waals surface area contributed by atoms with Gasteiger partial charge in [0.15, 0.2) is 0 Å². The number of H-pyrrole nitrogens is 1. The zero-order valence-electron chi connectivity index (χ0n) is 19.6. The number of aromatic nitrogens is 4. The quantitative estimate of drug-likeness (QED) is 0.644. The minimum atomic E-state index is -0.335. The maximum absolute atomic E-state index is 13.7. The standard InChI is InChI=1S/C25H30N6O2/c1-5-20-16(2)14-18(23(32)28-20)24(33)31-13-7-6-8-21(31)22-19(17-9-11-26-12-10-17)15-27-25(29-22)30(3)4/h9-12,14-15,21H,5-8,13H2,1-4H3,(H,28,32)/t21-/m0/s1. The summed E-state index contributed by atoms with van der Waals surface area (Å²) in [7, 11) is 3.79. The summed E-state index contributed by atoms with van der Waals surface area (Å²) < 4.78 is 0. The van der Waals surface area contributed by atoms with Crippen LogP contribution in [-0.2, 0) is 6.42 Å². The maximum atomic E-state index is 13.7. The van der Waals surface area contributed by atoms with Crippen LogP contribution in [0.2, 0.25) is 0 Å². The predicted octanol–water partition coefficient (Wildman–Crippen LogP) is 3.53. The van der Waals surface area contributed by atoms with E-state index in [0.717, 1.165) is 47.3 Å². The Balaban J connectivity index is 1.81. The van der Waals surface area contributed by atoms with Crippen LogP contribution in [0.25, 0.3) is 11.1 Å². The first-order valence-corrected chi connectivity index (χ1v) is 11.4. The first-order valence-electron chi connectivity index (χ1n) is 11.4. The molecule has 0 saturated carbocycles. The van der Waals surface area contributed by atoms with E-state index >= 15 is 0 Å². The van der Waals surface area contributed by atoms with Gasteiger partial charge in [0.05, 0.1) is 11.7 Å². The van der Waals surface area contributed by atoms with Crippen molar-refractivity contribution in [3.8, 4) is 11.1 Å². The number of piperidine rings is 1. The molecule has 3 aromatic rings. The Morgan fingerprint density at radius 3 is 2.70 bits per heavy atom. The number of rotatable bonds is 5. The average Bonchev–Trinajstić information content (AvgIpc) is 2.84. The molecule has 172 valence electrons. The highest BCUT2D eigenvalue weighted by atomic mass is 16.2. The van der Waals surface area contributed by atoms with E-state index in [2.05, 4.69) is 15.0 Å². The fraction of sp³-hybridized carbons (Fsp3) is 0.400. The summed E-state index contributed by atoms with van der Waals surface area (Å²) in [5, 5.41) is 0. The zero-order valence-corrected chi connectivity index (χ0v) is 19.6. The van der Waals surface area contributed by atoms with Crippen LogP contribution in [0.4, 0.5) is 5.95 Å². The second-order valence-corrected chi connectivity index (χ2v) is 8.64. The van der Waals surface area contributed by atoms with Gasteiger partial charge in [-0.05, 0) is 61.9 Å². The number of nitrogens with zero attached hydrogens (tertiary/aromatic N) is 5. The number of hydrogen-bond acceptors (Lipinski definition) is 6. The van der Waals surface area contributed by atoms with Gasteiger partial charge in [-0.25, -0.2) is 9.97 Å². The lowest BCUT2D eigenvalue weighted by Gasteiger charge is -2.36. The van der Waals surface area contributed by atoms with Crippen LogP contribution < -0.4 is 10.5 Å². The number of anilines is 1. The normalized spacial score (nSPS) is 16.0. The van der Waals surface area contributed by atoms with Crippen molar-refractivity contribution in [1.29, 1.82) is 0 Å². The molecule has 1 N–H and O–H groups in total. The molecule has 0 unspecified atom stereocenters. The number of carbonyl (C=O) groups is 1. The fourth-order valence-corrected chi connectivity index (χ4v) is 4.42. The Hall–Kier alpha value is -3.55. The Morgan fingerprint density at radius 1 is 1.24 bits per heavy atom. The lowest BCUT2D eigenvalue weighted by Crippen LogP contribution is -2.41. The molecule has 1 amide bonds. The maximum Gasteiger partial charge on any atom is 0.261 e. The van der Waals surface area contributed by atoms with Crippen LogP contribution in [0.5, 0.6) is 0 Å². The molecule has 8 nitrogen and oxygen atoms in total. The fourth-order valence-electron chi connectivity index (χ4n) is 4.42. The highest BCUT2D eigenvalue weighted by Crippen LogP contribution is 2.36. The molecule has 1 saturated heterocycles. The third kappa shape index (κ3) is 4.51. The summed E-state index contributed by atoms with van der Waals surface area (Å²) in [5.74, 6) is 0.333. The van der Waals surface area contributed by atoms with Gasteiger partial charge in [-0.3, -0.25) is 14.6 Å². The number of hydrogen-bond donors (Lipinski definition) is 1. The van der Waals surface area contributed by atoms with Crippen LogP contribution >= 0.6 is 0 Å². The predicted molar refractivity (Wildman–Crippen MR) is 128 cm³/mol. The molecule has 1 fully saturated rings.